The molecule has 1 atom stereocenters. The summed E-state index contributed by atoms with van der Waals surface area (Å²) < 4.78 is 5.65. The van der Waals surface area contributed by atoms with Crippen LogP contribution in [0.1, 0.15) is 57.1 Å². The van der Waals surface area contributed by atoms with Crippen molar-refractivity contribution in [3.8, 4) is 5.75 Å². The van der Waals surface area contributed by atoms with Crippen molar-refractivity contribution in [3.63, 3.8) is 0 Å². The smallest absolute Gasteiger partial charge is 0.119 e. The molecule has 2 N–H and O–H groups in total. The molecule has 0 saturated carbocycles. The van der Waals surface area contributed by atoms with Crippen LogP contribution in [0.15, 0.2) is 18.2 Å². The summed E-state index contributed by atoms with van der Waals surface area (Å²) in [5.74, 6) is 0.991. The highest BCUT2D eigenvalue weighted by Crippen LogP contribution is 2.19. The van der Waals surface area contributed by atoms with Crippen LogP contribution in [0, 0.1) is 6.92 Å². The highest BCUT2D eigenvalue weighted by Gasteiger charge is 2.04. The average molecular weight is 263 g/mol. The summed E-state index contributed by atoms with van der Waals surface area (Å²) in [7, 11) is 0. The molecular weight excluding hydrogens is 234 g/mol. The fourth-order valence-corrected chi connectivity index (χ4v) is 2.33. The van der Waals surface area contributed by atoms with E-state index in [2.05, 4.69) is 39.0 Å². The van der Waals surface area contributed by atoms with E-state index in [0.717, 1.165) is 38.0 Å². The zero-order chi connectivity index (χ0) is 14.1. The molecule has 0 heterocycles. The SMILES string of the molecule is CCCOc1ccc(CCCC(N)CCC)c(C)c1. The Balaban J connectivity index is 2.41. The van der Waals surface area contributed by atoms with Gasteiger partial charge in [-0.25, -0.2) is 0 Å². The van der Waals surface area contributed by atoms with Gasteiger partial charge < -0.3 is 10.5 Å². The van der Waals surface area contributed by atoms with Crippen molar-refractivity contribution in [1.29, 1.82) is 0 Å². The molecule has 1 aromatic rings. The maximum absolute atomic E-state index is 6.05. The van der Waals surface area contributed by atoms with Gasteiger partial charge in [-0.1, -0.05) is 26.3 Å². The Morgan fingerprint density at radius 3 is 2.58 bits per heavy atom. The summed E-state index contributed by atoms with van der Waals surface area (Å²) in [6, 6.07) is 6.81. The first kappa shape index (κ1) is 16.0. The van der Waals surface area contributed by atoms with E-state index in [1.165, 1.54) is 24.0 Å². The lowest BCUT2D eigenvalue weighted by molar-refractivity contribution is 0.317. The van der Waals surface area contributed by atoms with E-state index in [1.54, 1.807) is 0 Å². The number of hydrogen-bond donors (Lipinski definition) is 1. The van der Waals surface area contributed by atoms with Gasteiger partial charge >= 0.3 is 0 Å². The van der Waals surface area contributed by atoms with Crippen LogP contribution in [-0.2, 0) is 6.42 Å². The minimum Gasteiger partial charge on any atom is -0.494 e. The second-order valence-corrected chi connectivity index (χ2v) is 5.38. The van der Waals surface area contributed by atoms with Gasteiger partial charge in [0.05, 0.1) is 6.61 Å². The van der Waals surface area contributed by atoms with Gasteiger partial charge in [-0.2, -0.15) is 0 Å². The second-order valence-electron chi connectivity index (χ2n) is 5.38. The standard InChI is InChI=1S/C17H29NO/c1-4-7-16(18)9-6-8-15-10-11-17(13-14(15)3)19-12-5-2/h10-11,13,16H,4-9,12,18H2,1-3H3. The zero-order valence-electron chi connectivity index (χ0n) is 12.7. The van der Waals surface area contributed by atoms with Crippen LogP contribution in [0.2, 0.25) is 0 Å². The Bertz CT molecular complexity index is 362. The Labute approximate surface area is 118 Å². The minimum absolute atomic E-state index is 0.373. The van der Waals surface area contributed by atoms with E-state index < -0.39 is 0 Å². The topological polar surface area (TPSA) is 35.2 Å². The molecular formula is C17H29NO. The lowest BCUT2D eigenvalue weighted by Crippen LogP contribution is -2.19. The van der Waals surface area contributed by atoms with Crippen LogP contribution in [-0.4, -0.2) is 12.6 Å². The van der Waals surface area contributed by atoms with Gasteiger partial charge in [0.15, 0.2) is 0 Å². The van der Waals surface area contributed by atoms with Gasteiger partial charge in [0, 0.05) is 6.04 Å². The van der Waals surface area contributed by atoms with Crippen molar-refractivity contribution < 1.29 is 4.74 Å². The molecule has 2 heteroatoms. The largest absolute Gasteiger partial charge is 0.494 e. The van der Waals surface area contributed by atoms with E-state index in [4.69, 9.17) is 10.5 Å². The Kier molecular flexibility index (Phi) is 7.57. The van der Waals surface area contributed by atoms with Crippen molar-refractivity contribution in [2.45, 2.75) is 65.3 Å². The van der Waals surface area contributed by atoms with Gasteiger partial charge in [0.1, 0.15) is 5.75 Å². The summed E-state index contributed by atoms with van der Waals surface area (Å²) in [5.41, 5.74) is 8.80. The van der Waals surface area contributed by atoms with Gasteiger partial charge in [-0.05, 0) is 62.3 Å². The average Bonchev–Trinajstić information content (AvgIpc) is 2.39. The number of benzene rings is 1. The third-order valence-corrected chi connectivity index (χ3v) is 3.47. The monoisotopic (exact) mass is 263 g/mol. The molecule has 1 rings (SSSR count). The summed E-state index contributed by atoms with van der Waals surface area (Å²) in [6.07, 6.45) is 6.80. The van der Waals surface area contributed by atoms with Crippen molar-refractivity contribution in [1.82, 2.24) is 0 Å². The van der Waals surface area contributed by atoms with Gasteiger partial charge in [0.25, 0.3) is 0 Å². The number of aryl methyl sites for hydroxylation is 2. The fraction of sp³-hybridized carbons (Fsp3) is 0.647. The molecule has 0 bridgehead atoms. The van der Waals surface area contributed by atoms with Crippen LogP contribution >= 0.6 is 0 Å². The minimum atomic E-state index is 0.373. The van der Waals surface area contributed by atoms with Gasteiger partial charge in [-0.3, -0.25) is 0 Å². The maximum atomic E-state index is 6.05. The molecule has 0 aliphatic rings. The van der Waals surface area contributed by atoms with Crippen LogP contribution in [0.5, 0.6) is 5.75 Å². The maximum Gasteiger partial charge on any atom is 0.119 e. The van der Waals surface area contributed by atoms with Gasteiger partial charge in [0.2, 0.25) is 0 Å². The number of ether oxygens (including phenoxy) is 1. The highest BCUT2D eigenvalue weighted by molar-refractivity contribution is 5.34. The molecule has 0 fully saturated rings. The second kappa shape index (κ2) is 8.98. The zero-order valence-corrected chi connectivity index (χ0v) is 12.7. The molecule has 0 radical (unpaired) electrons. The first-order valence-electron chi connectivity index (χ1n) is 7.65. The van der Waals surface area contributed by atoms with Crippen LogP contribution in [0.25, 0.3) is 0 Å². The summed E-state index contributed by atoms with van der Waals surface area (Å²) in [6.45, 7) is 7.28. The third kappa shape index (κ3) is 6.11. The molecule has 1 aromatic carbocycles. The molecule has 0 aliphatic heterocycles. The molecule has 19 heavy (non-hydrogen) atoms. The van der Waals surface area contributed by atoms with E-state index in [9.17, 15) is 0 Å². The van der Waals surface area contributed by atoms with E-state index in [0.29, 0.717) is 6.04 Å². The van der Waals surface area contributed by atoms with Crippen molar-refractivity contribution in [2.75, 3.05) is 6.61 Å². The van der Waals surface area contributed by atoms with E-state index >= 15 is 0 Å². The van der Waals surface area contributed by atoms with Crippen LogP contribution < -0.4 is 10.5 Å². The van der Waals surface area contributed by atoms with E-state index in [1.807, 2.05) is 0 Å². The first-order chi connectivity index (χ1) is 9.17. The first-order valence-corrected chi connectivity index (χ1v) is 7.65. The molecule has 0 amide bonds. The molecule has 0 aromatic heterocycles. The summed E-state index contributed by atoms with van der Waals surface area (Å²) >= 11 is 0. The van der Waals surface area contributed by atoms with Gasteiger partial charge in [-0.15, -0.1) is 0 Å². The third-order valence-electron chi connectivity index (χ3n) is 3.47. The van der Waals surface area contributed by atoms with Crippen LogP contribution in [0.4, 0.5) is 0 Å². The Hall–Kier alpha value is -1.02. The van der Waals surface area contributed by atoms with Crippen molar-refractivity contribution >= 4 is 0 Å². The normalized spacial score (nSPS) is 12.4. The van der Waals surface area contributed by atoms with Crippen LogP contribution in [0.3, 0.4) is 0 Å². The quantitative estimate of drug-likeness (QED) is 0.723. The lowest BCUT2D eigenvalue weighted by atomic mass is 9.99. The lowest BCUT2D eigenvalue weighted by Gasteiger charge is -2.12. The molecule has 0 spiro atoms. The predicted octanol–water partition coefficient (Wildman–Crippen LogP) is 4.23. The van der Waals surface area contributed by atoms with E-state index in [-0.39, 0.29) is 0 Å². The Morgan fingerprint density at radius 1 is 1.16 bits per heavy atom. The number of nitrogens with two attached hydrogens (primary N) is 1. The fourth-order valence-electron chi connectivity index (χ4n) is 2.33. The summed E-state index contributed by atoms with van der Waals surface area (Å²) in [5, 5.41) is 0. The molecule has 1 unspecified atom stereocenters. The highest BCUT2D eigenvalue weighted by atomic mass is 16.5. The number of rotatable bonds is 9. The molecule has 0 aliphatic carbocycles. The predicted molar refractivity (Wildman–Crippen MR) is 82.8 cm³/mol. The van der Waals surface area contributed by atoms with Crippen molar-refractivity contribution in [3.05, 3.63) is 29.3 Å². The summed E-state index contributed by atoms with van der Waals surface area (Å²) in [4.78, 5) is 0. The van der Waals surface area contributed by atoms with Crippen molar-refractivity contribution in [2.24, 2.45) is 5.73 Å². The number of hydrogen-bond acceptors (Lipinski definition) is 2. The molecule has 108 valence electrons. The Morgan fingerprint density at radius 2 is 1.95 bits per heavy atom. The molecule has 0 saturated heterocycles. The molecule has 2 nitrogen and oxygen atoms in total.